The molecule has 0 aromatic heterocycles. The molecule has 3 N–H and O–H groups in total. The number of nitrogens with zero attached hydrogens (tertiary/aromatic N) is 1. The van der Waals surface area contributed by atoms with Gasteiger partial charge in [-0.2, -0.15) is 0 Å². The Morgan fingerprint density at radius 1 is 1.35 bits per heavy atom. The van der Waals surface area contributed by atoms with Crippen LogP contribution in [-0.4, -0.2) is 54.1 Å². The van der Waals surface area contributed by atoms with Crippen molar-refractivity contribution in [1.29, 1.82) is 0 Å². The fourth-order valence-corrected chi connectivity index (χ4v) is 2.07. The Balaban J connectivity index is 2.20. The van der Waals surface area contributed by atoms with E-state index in [1.807, 2.05) is 0 Å². The number of aliphatic carboxylic acids is 1. The second kappa shape index (κ2) is 7.84. The van der Waals surface area contributed by atoms with Gasteiger partial charge in [-0.1, -0.05) is 13.8 Å². The Labute approximate surface area is 118 Å². The number of carboxylic acids is 1. The minimum absolute atomic E-state index is 0.0569. The first-order valence-electron chi connectivity index (χ1n) is 6.91. The summed E-state index contributed by atoms with van der Waals surface area (Å²) in [4.78, 5) is 35.6. The van der Waals surface area contributed by atoms with Gasteiger partial charge in [0, 0.05) is 13.1 Å². The third-order valence-corrected chi connectivity index (χ3v) is 3.25. The molecule has 1 aliphatic heterocycles. The van der Waals surface area contributed by atoms with Crippen LogP contribution in [-0.2, 0) is 9.59 Å². The van der Waals surface area contributed by atoms with Crippen LogP contribution in [0.15, 0.2) is 0 Å². The van der Waals surface area contributed by atoms with E-state index in [0.717, 1.165) is 6.42 Å². The molecule has 7 heteroatoms. The minimum atomic E-state index is -0.834. The number of nitrogens with one attached hydrogen (secondary N) is 2. The van der Waals surface area contributed by atoms with Crippen LogP contribution in [0.25, 0.3) is 0 Å². The van der Waals surface area contributed by atoms with Crippen LogP contribution in [0.5, 0.6) is 0 Å². The molecule has 1 fully saturated rings. The molecule has 0 aliphatic carbocycles. The van der Waals surface area contributed by atoms with Crippen LogP contribution in [0.2, 0.25) is 0 Å². The zero-order chi connectivity index (χ0) is 15.1. The van der Waals surface area contributed by atoms with Gasteiger partial charge in [0.05, 0.1) is 12.5 Å². The van der Waals surface area contributed by atoms with Crippen molar-refractivity contribution in [2.45, 2.75) is 26.7 Å². The number of likely N-dealkylation sites (tertiary alicyclic amines) is 1. The van der Waals surface area contributed by atoms with Crippen molar-refractivity contribution < 1.29 is 19.5 Å². The number of carboxylic acid groups (broad SMARTS) is 1. The predicted molar refractivity (Wildman–Crippen MR) is 73.2 cm³/mol. The highest BCUT2D eigenvalue weighted by Crippen LogP contribution is 2.15. The summed E-state index contributed by atoms with van der Waals surface area (Å²) in [7, 11) is 0. The fourth-order valence-electron chi connectivity index (χ4n) is 2.07. The topological polar surface area (TPSA) is 98.7 Å². The van der Waals surface area contributed by atoms with Gasteiger partial charge in [-0.3, -0.25) is 19.8 Å². The third kappa shape index (κ3) is 6.01. The van der Waals surface area contributed by atoms with E-state index in [1.54, 1.807) is 4.90 Å². The normalized spacial score (nSPS) is 19.1. The first-order valence-corrected chi connectivity index (χ1v) is 6.91. The Hall–Kier alpha value is -1.63. The molecule has 114 valence electrons. The summed E-state index contributed by atoms with van der Waals surface area (Å²) in [6.07, 6.45) is 1.40. The molecule has 0 bridgehead atoms. The number of hydrogen-bond donors (Lipinski definition) is 3. The van der Waals surface area contributed by atoms with Crippen molar-refractivity contribution in [2.24, 2.45) is 11.8 Å². The molecule has 20 heavy (non-hydrogen) atoms. The molecule has 1 saturated heterocycles. The number of hydrogen-bond acceptors (Lipinski definition) is 4. The van der Waals surface area contributed by atoms with Gasteiger partial charge in [0.1, 0.15) is 0 Å². The molecule has 0 radical (unpaired) electrons. The van der Waals surface area contributed by atoms with Crippen molar-refractivity contribution in [2.75, 3.05) is 26.2 Å². The van der Waals surface area contributed by atoms with E-state index in [1.165, 1.54) is 0 Å². The second-order valence-electron chi connectivity index (χ2n) is 5.55. The Kier molecular flexibility index (Phi) is 6.44. The zero-order valence-corrected chi connectivity index (χ0v) is 12.0. The number of carbonyl (C=O) groups excluding carboxylic acids is 2. The quantitative estimate of drug-likeness (QED) is 0.650. The SMILES string of the molecule is CC(C)CCNC(=O)NC(=O)CN1CCC(C(=O)O)C1. The summed E-state index contributed by atoms with van der Waals surface area (Å²) in [6, 6.07) is -0.496. The highest BCUT2D eigenvalue weighted by Gasteiger charge is 2.29. The summed E-state index contributed by atoms with van der Waals surface area (Å²) in [5, 5.41) is 13.7. The van der Waals surface area contributed by atoms with Crippen LogP contribution in [0, 0.1) is 11.8 Å². The van der Waals surface area contributed by atoms with Crippen molar-refractivity contribution in [3.05, 3.63) is 0 Å². The summed E-state index contributed by atoms with van der Waals surface area (Å²) in [6.45, 7) is 5.62. The summed E-state index contributed by atoms with van der Waals surface area (Å²) >= 11 is 0. The third-order valence-electron chi connectivity index (χ3n) is 3.25. The average Bonchev–Trinajstić information content (AvgIpc) is 2.76. The van der Waals surface area contributed by atoms with Crippen LogP contribution < -0.4 is 10.6 Å². The molecule has 1 rings (SSSR count). The monoisotopic (exact) mass is 285 g/mol. The van der Waals surface area contributed by atoms with Gasteiger partial charge in [0.15, 0.2) is 0 Å². The smallest absolute Gasteiger partial charge is 0.321 e. The van der Waals surface area contributed by atoms with E-state index in [2.05, 4.69) is 24.5 Å². The van der Waals surface area contributed by atoms with Gasteiger partial charge >= 0.3 is 12.0 Å². The molecule has 0 spiro atoms. The summed E-state index contributed by atoms with van der Waals surface area (Å²) in [5.41, 5.74) is 0. The van der Waals surface area contributed by atoms with Gasteiger partial charge in [0.25, 0.3) is 0 Å². The number of urea groups is 1. The molecule has 7 nitrogen and oxygen atoms in total. The molecule has 0 aromatic carbocycles. The molecule has 0 saturated carbocycles. The lowest BCUT2D eigenvalue weighted by atomic mass is 10.1. The summed E-state index contributed by atoms with van der Waals surface area (Å²) in [5.74, 6) is -1.16. The van der Waals surface area contributed by atoms with Crippen LogP contribution in [0.3, 0.4) is 0 Å². The Bertz CT molecular complexity index is 371. The van der Waals surface area contributed by atoms with Gasteiger partial charge in [-0.15, -0.1) is 0 Å². The van der Waals surface area contributed by atoms with Gasteiger partial charge in [-0.05, 0) is 25.3 Å². The van der Waals surface area contributed by atoms with E-state index in [0.29, 0.717) is 32.0 Å². The van der Waals surface area contributed by atoms with Crippen molar-refractivity contribution in [3.63, 3.8) is 0 Å². The maximum atomic E-state index is 11.6. The van der Waals surface area contributed by atoms with Gasteiger partial charge < -0.3 is 10.4 Å². The lowest BCUT2D eigenvalue weighted by molar-refractivity contribution is -0.141. The standard InChI is InChI=1S/C13H23N3O4/c1-9(2)3-5-14-13(20)15-11(17)8-16-6-4-10(7-16)12(18)19/h9-10H,3-8H2,1-2H3,(H,18,19)(H2,14,15,17,20). The van der Waals surface area contributed by atoms with Gasteiger partial charge in [-0.25, -0.2) is 4.79 Å². The predicted octanol–water partition coefficient (Wildman–Crippen LogP) is 0.265. The molecular formula is C13H23N3O4. The second-order valence-corrected chi connectivity index (χ2v) is 5.55. The number of imide groups is 1. The first-order chi connectivity index (χ1) is 9.38. The zero-order valence-electron chi connectivity index (χ0n) is 12.0. The lowest BCUT2D eigenvalue weighted by Crippen LogP contribution is -2.44. The Morgan fingerprint density at radius 2 is 2.05 bits per heavy atom. The van der Waals surface area contributed by atoms with E-state index < -0.39 is 23.8 Å². The highest BCUT2D eigenvalue weighted by atomic mass is 16.4. The average molecular weight is 285 g/mol. The molecule has 1 heterocycles. The number of amides is 3. The fraction of sp³-hybridized carbons (Fsp3) is 0.769. The maximum Gasteiger partial charge on any atom is 0.321 e. The van der Waals surface area contributed by atoms with Gasteiger partial charge in [0.2, 0.25) is 5.91 Å². The van der Waals surface area contributed by atoms with Crippen LogP contribution >= 0.6 is 0 Å². The molecule has 0 aromatic rings. The molecule has 3 amide bonds. The molecule has 1 unspecified atom stereocenters. The molecular weight excluding hydrogens is 262 g/mol. The van der Waals surface area contributed by atoms with Crippen molar-refractivity contribution >= 4 is 17.9 Å². The van der Waals surface area contributed by atoms with E-state index >= 15 is 0 Å². The lowest BCUT2D eigenvalue weighted by Gasteiger charge is -2.14. The first kappa shape index (κ1) is 16.4. The number of rotatable bonds is 6. The van der Waals surface area contributed by atoms with Crippen LogP contribution in [0.1, 0.15) is 26.7 Å². The largest absolute Gasteiger partial charge is 0.481 e. The van der Waals surface area contributed by atoms with E-state index in [-0.39, 0.29) is 6.54 Å². The minimum Gasteiger partial charge on any atom is -0.481 e. The molecule has 1 atom stereocenters. The van der Waals surface area contributed by atoms with Crippen molar-refractivity contribution in [3.8, 4) is 0 Å². The van der Waals surface area contributed by atoms with E-state index in [9.17, 15) is 14.4 Å². The highest BCUT2D eigenvalue weighted by molar-refractivity contribution is 5.95. The maximum absolute atomic E-state index is 11.6. The van der Waals surface area contributed by atoms with Crippen LogP contribution in [0.4, 0.5) is 4.79 Å². The molecule has 1 aliphatic rings. The van der Waals surface area contributed by atoms with E-state index in [4.69, 9.17) is 5.11 Å². The van der Waals surface area contributed by atoms with Crippen molar-refractivity contribution in [1.82, 2.24) is 15.5 Å². The summed E-state index contributed by atoms with van der Waals surface area (Å²) < 4.78 is 0. The number of carbonyl (C=O) groups is 3. The Morgan fingerprint density at radius 3 is 2.60 bits per heavy atom.